The maximum absolute atomic E-state index is 9.61. The molecule has 5 heteroatoms. The van der Waals surface area contributed by atoms with E-state index in [0.717, 1.165) is 15.7 Å². The summed E-state index contributed by atoms with van der Waals surface area (Å²) in [5.41, 5.74) is 1.89. The van der Waals surface area contributed by atoms with Crippen LogP contribution in [-0.2, 0) is 13.1 Å². The van der Waals surface area contributed by atoms with Gasteiger partial charge in [-0.2, -0.15) is 5.10 Å². The van der Waals surface area contributed by atoms with Crippen LogP contribution in [0.15, 0.2) is 34.9 Å². The monoisotopic (exact) mass is 281 g/mol. The molecule has 1 aromatic carbocycles. The number of halogens is 1. The van der Waals surface area contributed by atoms with Crippen molar-refractivity contribution in [2.24, 2.45) is 0 Å². The molecule has 16 heavy (non-hydrogen) atoms. The molecular formula is C11H12BrN3O. The van der Waals surface area contributed by atoms with E-state index >= 15 is 0 Å². The van der Waals surface area contributed by atoms with E-state index in [1.807, 2.05) is 18.2 Å². The van der Waals surface area contributed by atoms with Gasteiger partial charge in [0.1, 0.15) is 5.75 Å². The predicted octanol–water partition coefficient (Wildman–Crippen LogP) is 2.17. The normalized spacial score (nSPS) is 10.6. The fraction of sp³-hybridized carbons (Fsp3) is 0.182. The molecule has 2 rings (SSSR count). The molecule has 0 amide bonds. The molecule has 0 aliphatic rings. The summed E-state index contributed by atoms with van der Waals surface area (Å²) >= 11 is 3.37. The molecule has 1 heterocycles. The van der Waals surface area contributed by atoms with Crippen molar-refractivity contribution in [3.8, 4) is 5.75 Å². The van der Waals surface area contributed by atoms with Crippen LogP contribution in [0.1, 0.15) is 11.3 Å². The number of nitrogens with zero attached hydrogens (tertiary/aromatic N) is 1. The van der Waals surface area contributed by atoms with Gasteiger partial charge in [-0.15, -0.1) is 0 Å². The van der Waals surface area contributed by atoms with Crippen LogP contribution in [0.25, 0.3) is 0 Å². The molecular weight excluding hydrogens is 270 g/mol. The van der Waals surface area contributed by atoms with Crippen LogP contribution in [0.5, 0.6) is 5.75 Å². The van der Waals surface area contributed by atoms with Crippen LogP contribution in [0.4, 0.5) is 0 Å². The third-order valence-electron chi connectivity index (χ3n) is 2.23. The molecule has 0 saturated heterocycles. The van der Waals surface area contributed by atoms with Crippen LogP contribution in [0.2, 0.25) is 0 Å². The molecule has 0 unspecified atom stereocenters. The van der Waals surface area contributed by atoms with Crippen molar-refractivity contribution < 1.29 is 5.11 Å². The van der Waals surface area contributed by atoms with Crippen LogP contribution in [-0.4, -0.2) is 15.3 Å². The van der Waals surface area contributed by atoms with Crippen molar-refractivity contribution in [1.82, 2.24) is 15.5 Å². The van der Waals surface area contributed by atoms with Gasteiger partial charge in [0.15, 0.2) is 0 Å². The van der Waals surface area contributed by atoms with Gasteiger partial charge in [0.2, 0.25) is 0 Å². The molecule has 0 fully saturated rings. The number of phenols is 1. The highest BCUT2D eigenvalue weighted by Gasteiger charge is 2.01. The van der Waals surface area contributed by atoms with E-state index in [4.69, 9.17) is 0 Å². The standard InChI is InChI=1S/C11H12BrN3O/c12-9-1-2-11(16)8(5-9)6-13-7-10-3-4-14-15-10/h1-5,13,16H,6-7H2,(H,14,15). The zero-order valence-electron chi connectivity index (χ0n) is 8.57. The number of aromatic amines is 1. The molecule has 3 N–H and O–H groups in total. The van der Waals surface area contributed by atoms with E-state index in [1.165, 1.54) is 0 Å². The van der Waals surface area contributed by atoms with Crippen molar-refractivity contribution in [2.75, 3.05) is 0 Å². The molecule has 2 aromatic rings. The highest BCUT2D eigenvalue weighted by atomic mass is 79.9. The lowest BCUT2D eigenvalue weighted by Gasteiger charge is -2.06. The molecule has 0 atom stereocenters. The lowest BCUT2D eigenvalue weighted by molar-refractivity contribution is 0.464. The van der Waals surface area contributed by atoms with E-state index in [0.29, 0.717) is 18.8 Å². The quantitative estimate of drug-likeness (QED) is 0.805. The first-order valence-electron chi connectivity index (χ1n) is 4.92. The molecule has 0 spiro atoms. The van der Waals surface area contributed by atoms with Gasteiger partial charge in [-0.25, -0.2) is 0 Å². The summed E-state index contributed by atoms with van der Waals surface area (Å²) in [7, 11) is 0. The first-order chi connectivity index (χ1) is 7.75. The number of phenolic OH excluding ortho intramolecular Hbond substituents is 1. The first-order valence-corrected chi connectivity index (χ1v) is 5.71. The Morgan fingerprint density at radius 3 is 2.94 bits per heavy atom. The van der Waals surface area contributed by atoms with Crippen molar-refractivity contribution in [2.45, 2.75) is 13.1 Å². The Bertz CT molecular complexity index is 456. The van der Waals surface area contributed by atoms with Gasteiger partial charge in [-0.1, -0.05) is 15.9 Å². The molecule has 4 nitrogen and oxygen atoms in total. The summed E-state index contributed by atoms with van der Waals surface area (Å²) in [6.45, 7) is 1.32. The first kappa shape index (κ1) is 11.2. The van der Waals surface area contributed by atoms with Crippen LogP contribution in [0, 0.1) is 0 Å². The van der Waals surface area contributed by atoms with E-state index in [2.05, 4.69) is 31.4 Å². The maximum Gasteiger partial charge on any atom is 0.120 e. The summed E-state index contributed by atoms with van der Waals surface area (Å²) < 4.78 is 0.962. The summed E-state index contributed by atoms with van der Waals surface area (Å²) in [4.78, 5) is 0. The summed E-state index contributed by atoms with van der Waals surface area (Å²) in [6, 6.07) is 7.30. The lowest BCUT2D eigenvalue weighted by Crippen LogP contribution is -2.13. The zero-order chi connectivity index (χ0) is 11.4. The number of aromatic nitrogens is 2. The molecule has 1 aromatic heterocycles. The van der Waals surface area contributed by atoms with Crippen LogP contribution < -0.4 is 5.32 Å². The fourth-order valence-electron chi connectivity index (χ4n) is 1.41. The Kier molecular flexibility index (Phi) is 3.58. The Balaban J connectivity index is 1.92. The van der Waals surface area contributed by atoms with E-state index in [1.54, 1.807) is 12.3 Å². The number of hydrogen-bond acceptors (Lipinski definition) is 3. The molecule has 0 aliphatic heterocycles. The molecule has 84 valence electrons. The highest BCUT2D eigenvalue weighted by molar-refractivity contribution is 9.10. The molecule has 0 bridgehead atoms. The Morgan fingerprint density at radius 2 is 2.19 bits per heavy atom. The predicted molar refractivity (Wildman–Crippen MR) is 64.9 cm³/mol. The van der Waals surface area contributed by atoms with Gasteiger partial charge in [0, 0.05) is 35.0 Å². The van der Waals surface area contributed by atoms with Crippen LogP contribution >= 0.6 is 15.9 Å². The number of benzene rings is 1. The second kappa shape index (κ2) is 5.14. The number of nitrogens with one attached hydrogen (secondary N) is 2. The van der Waals surface area contributed by atoms with Gasteiger partial charge < -0.3 is 10.4 Å². The minimum atomic E-state index is 0.306. The van der Waals surface area contributed by atoms with Crippen molar-refractivity contribution in [1.29, 1.82) is 0 Å². The van der Waals surface area contributed by atoms with Crippen molar-refractivity contribution in [3.63, 3.8) is 0 Å². The summed E-state index contributed by atoms with van der Waals surface area (Å²) in [5.74, 6) is 0.306. The van der Waals surface area contributed by atoms with Gasteiger partial charge in [-0.3, -0.25) is 5.10 Å². The van der Waals surface area contributed by atoms with Crippen molar-refractivity contribution >= 4 is 15.9 Å². The third-order valence-corrected chi connectivity index (χ3v) is 2.72. The number of rotatable bonds is 4. The Morgan fingerprint density at radius 1 is 1.31 bits per heavy atom. The zero-order valence-corrected chi connectivity index (χ0v) is 10.2. The van der Waals surface area contributed by atoms with E-state index in [9.17, 15) is 5.11 Å². The largest absolute Gasteiger partial charge is 0.508 e. The highest BCUT2D eigenvalue weighted by Crippen LogP contribution is 2.21. The SMILES string of the molecule is Oc1ccc(Br)cc1CNCc1ccn[nH]1. The van der Waals surface area contributed by atoms with Crippen LogP contribution in [0.3, 0.4) is 0 Å². The van der Waals surface area contributed by atoms with Gasteiger partial charge >= 0.3 is 0 Å². The molecule has 0 radical (unpaired) electrons. The molecule has 0 saturated carbocycles. The van der Waals surface area contributed by atoms with E-state index in [-0.39, 0.29) is 0 Å². The van der Waals surface area contributed by atoms with Gasteiger partial charge in [-0.05, 0) is 24.3 Å². The lowest BCUT2D eigenvalue weighted by atomic mass is 10.2. The smallest absolute Gasteiger partial charge is 0.120 e. The number of hydrogen-bond donors (Lipinski definition) is 3. The minimum absolute atomic E-state index is 0.306. The average molecular weight is 282 g/mol. The maximum atomic E-state index is 9.61. The van der Waals surface area contributed by atoms with E-state index < -0.39 is 0 Å². The average Bonchev–Trinajstić information content (AvgIpc) is 2.76. The Labute approximate surface area is 102 Å². The summed E-state index contributed by atoms with van der Waals surface area (Å²) in [5, 5.41) is 19.6. The topological polar surface area (TPSA) is 60.9 Å². The van der Waals surface area contributed by atoms with Crippen molar-refractivity contribution in [3.05, 3.63) is 46.2 Å². The fourth-order valence-corrected chi connectivity index (χ4v) is 1.82. The minimum Gasteiger partial charge on any atom is -0.508 e. The third kappa shape index (κ3) is 2.84. The second-order valence-electron chi connectivity index (χ2n) is 3.46. The second-order valence-corrected chi connectivity index (χ2v) is 4.37. The number of aromatic hydroxyl groups is 1. The molecule has 0 aliphatic carbocycles. The Hall–Kier alpha value is -1.33. The van der Waals surface area contributed by atoms with Gasteiger partial charge in [0.05, 0.1) is 0 Å². The summed E-state index contributed by atoms with van der Waals surface area (Å²) in [6.07, 6.45) is 1.72. The van der Waals surface area contributed by atoms with Gasteiger partial charge in [0.25, 0.3) is 0 Å². The number of H-pyrrole nitrogens is 1.